The van der Waals surface area contributed by atoms with Gasteiger partial charge in [-0.25, -0.2) is 0 Å². The largest absolute Gasteiger partial charge is 0.340 e. The Morgan fingerprint density at radius 2 is 1.32 bits per heavy atom. The lowest BCUT2D eigenvalue weighted by Crippen LogP contribution is -1.97. The second-order valence-corrected chi connectivity index (χ2v) is 8.33. The Morgan fingerprint density at radius 3 is 2.13 bits per heavy atom. The monoisotopic (exact) mass is 409 g/mol. The Bertz CT molecular complexity index is 1180. The van der Waals surface area contributed by atoms with E-state index in [-0.39, 0.29) is 0 Å². The number of benzene rings is 3. The Labute approximate surface area is 185 Å². The molecule has 0 atom stereocenters. The van der Waals surface area contributed by atoms with E-state index in [1.165, 1.54) is 65.9 Å². The van der Waals surface area contributed by atoms with Gasteiger partial charge < -0.3 is 4.57 Å². The van der Waals surface area contributed by atoms with Gasteiger partial charge in [-0.05, 0) is 35.7 Å². The van der Waals surface area contributed by atoms with Crippen LogP contribution in [0.4, 0.5) is 0 Å². The third-order valence-corrected chi connectivity index (χ3v) is 6.07. The summed E-state index contributed by atoms with van der Waals surface area (Å²) in [6.07, 6.45) is 13.0. The summed E-state index contributed by atoms with van der Waals surface area (Å²) in [4.78, 5) is 10.8. The van der Waals surface area contributed by atoms with E-state index in [1.54, 1.807) is 0 Å². The minimum atomic E-state index is 0.705. The summed E-state index contributed by atoms with van der Waals surface area (Å²) in [6.45, 7) is 3.35. The third-order valence-electron chi connectivity index (χ3n) is 6.07. The van der Waals surface area contributed by atoms with Crippen molar-refractivity contribution in [3.63, 3.8) is 0 Å². The van der Waals surface area contributed by atoms with Crippen LogP contribution in [-0.2, 0) is 6.54 Å². The van der Waals surface area contributed by atoms with Gasteiger partial charge in [0.25, 0.3) is 0 Å². The maximum Gasteiger partial charge on any atom is 0.150 e. The molecule has 0 saturated heterocycles. The van der Waals surface area contributed by atoms with E-state index >= 15 is 0 Å². The van der Waals surface area contributed by atoms with Crippen LogP contribution in [0.15, 0.2) is 66.7 Å². The maximum atomic E-state index is 10.8. The molecule has 1 aromatic heterocycles. The second-order valence-electron chi connectivity index (χ2n) is 8.33. The number of fused-ring (bicyclic) bond motifs is 3. The number of aldehydes is 1. The minimum Gasteiger partial charge on any atom is -0.340 e. The van der Waals surface area contributed by atoms with E-state index in [0.717, 1.165) is 18.4 Å². The fourth-order valence-electron chi connectivity index (χ4n) is 4.34. The molecular weight excluding hydrogens is 378 g/mol. The van der Waals surface area contributed by atoms with Gasteiger partial charge in [-0.2, -0.15) is 0 Å². The molecule has 0 unspecified atom stereocenters. The molecule has 0 aliphatic rings. The highest BCUT2D eigenvalue weighted by Crippen LogP contribution is 2.30. The van der Waals surface area contributed by atoms with Crippen LogP contribution in [0.5, 0.6) is 0 Å². The molecule has 0 N–H and O–H groups in total. The molecule has 0 radical (unpaired) electrons. The summed E-state index contributed by atoms with van der Waals surface area (Å²) in [5.41, 5.74) is 5.64. The standard InChI is InChI=1S/C29H31NO/c1-2-3-4-5-6-9-20-30-28-11-8-7-10-26(28)27-21-24(18-19-29(27)30)15-12-23-13-16-25(22-31)17-14-23/h7-8,10-19,21-22H,2-6,9,20H2,1H3/b15-12+. The fraction of sp³-hybridized carbons (Fsp3) is 0.276. The lowest BCUT2D eigenvalue weighted by Gasteiger charge is -2.08. The molecule has 4 rings (SSSR count). The first-order valence-corrected chi connectivity index (χ1v) is 11.5. The van der Waals surface area contributed by atoms with Crippen molar-refractivity contribution in [2.75, 3.05) is 0 Å². The van der Waals surface area contributed by atoms with Crippen molar-refractivity contribution >= 4 is 40.2 Å². The summed E-state index contributed by atoms with van der Waals surface area (Å²) in [5.74, 6) is 0. The van der Waals surface area contributed by atoms with Crippen molar-refractivity contribution in [3.8, 4) is 0 Å². The first kappa shape index (κ1) is 21.1. The van der Waals surface area contributed by atoms with Crippen molar-refractivity contribution < 1.29 is 4.79 Å². The molecule has 158 valence electrons. The van der Waals surface area contributed by atoms with Crippen LogP contribution in [-0.4, -0.2) is 10.9 Å². The second kappa shape index (κ2) is 10.3. The van der Waals surface area contributed by atoms with E-state index < -0.39 is 0 Å². The van der Waals surface area contributed by atoms with E-state index in [1.807, 2.05) is 24.3 Å². The van der Waals surface area contributed by atoms with Crippen LogP contribution in [0.1, 0.15) is 66.9 Å². The van der Waals surface area contributed by atoms with Gasteiger partial charge in [-0.1, -0.05) is 99.7 Å². The molecule has 0 bridgehead atoms. The van der Waals surface area contributed by atoms with Crippen molar-refractivity contribution in [1.82, 2.24) is 4.57 Å². The molecule has 0 spiro atoms. The van der Waals surface area contributed by atoms with Crippen molar-refractivity contribution in [3.05, 3.63) is 83.4 Å². The lowest BCUT2D eigenvalue weighted by molar-refractivity contribution is 0.112. The van der Waals surface area contributed by atoms with Crippen LogP contribution in [0.2, 0.25) is 0 Å². The number of hydrogen-bond acceptors (Lipinski definition) is 1. The Balaban J connectivity index is 1.58. The number of para-hydroxylation sites is 1. The molecular formula is C29H31NO. The Hall–Kier alpha value is -3.13. The summed E-state index contributed by atoms with van der Waals surface area (Å²) in [5, 5.41) is 2.65. The summed E-state index contributed by atoms with van der Waals surface area (Å²) in [7, 11) is 0. The predicted molar refractivity (Wildman–Crippen MR) is 134 cm³/mol. The zero-order chi connectivity index (χ0) is 21.5. The summed E-state index contributed by atoms with van der Waals surface area (Å²) >= 11 is 0. The van der Waals surface area contributed by atoms with Gasteiger partial charge in [0, 0.05) is 33.9 Å². The highest BCUT2D eigenvalue weighted by Gasteiger charge is 2.10. The number of hydrogen-bond donors (Lipinski definition) is 0. The van der Waals surface area contributed by atoms with Gasteiger partial charge in [-0.15, -0.1) is 0 Å². The third kappa shape index (κ3) is 4.96. The van der Waals surface area contributed by atoms with Gasteiger partial charge in [0.2, 0.25) is 0 Å². The normalized spacial score (nSPS) is 11.6. The Morgan fingerprint density at radius 1 is 0.677 bits per heavy atom. The van der Waals surface area contributed by atoms with E-state index in [9.17, 15) is 4.79 Å². The SMILES string of the molecule is CCCCCCCCn1c2ccccc2c2cc(/C=C/c3ccc(C=O)cc3)ccc21. The van der Waals surface area contributed by atoms with Crippen molar-refractivity contribution in [2.24, 2.45) is 0 Å². The number of nitrogens with zero attached hydrogens (tertiary/aromatic N) is 1. The maximum absolute atomic E-state index is 10.8. The molecule has 2 heteroatoms. The molecule has 0 fully saturated rings. The molecule has 4 aromatic rings. The van der Waals surface area contributed by atoms with Gasteiger partial charge >= 0.3 is 0 Å². The van der Waals surface area contributed by atoms with Crippen LogP contribution in [0.3, 0.4) is 0 Å². The lowest BCUT2D eigenvalue weighted by atomic mass is 10.1. The molecule has 2 nitrogen and oxygen atoms in total. The molecule has 1 heterocycles. The first-order valence-electron chi connectivity index (χ1n) is 11.5. The Kier molecular flexibility index (Phi) is 6.99. The quantitative estimate of drug-likeness (QED) is 0.147. The minimum absolute atomic E-state index is 0.705. The number of carbonyl (C=O) groups excluding carboxylic acids is 1. The fourth-order valence-corrected chi connectivity index (χ4v) is 4.34. The predicted octanol–water partition coefficient (Wildman–Crippen LogP) is 8.14. The topological polar surface area (TPSA) is 22.0 Å². The molecule has 0 saturated carbocycles. The zero-order valence-electron chi connectivity index (χ0n) is 18.4. The molecule has 3 aromatic carbocycles. The van der Waals surface area contributed by atoms with Gasteiger partial charge in [0.1, 0.15) is 6.29 Å². The number of aryl methyl sites for hydroxylation is 1. The van der Waals surface area contributed by atoms with E-state index in [2.05, 4.69) is 66.1 Å². The van der Waals surface area contributed by atoms with Gasteiger partial charge in [-0.3, -0.25) is 4.79 Å². The number of aromatic nitrogens is 1. The number of rotatable bonds is 10. The molecule has 0 aliphatic heterocycles. The van der Waals surface area contributed by atoms with Crippen molar-refractivity contribution in [2.45, 2.75) is 52.0 Å². The molecule has 0 aliphatic carbocycles. The van der Waals surface area contributed by atoms with Crippen LogP contribution >= 0.6 is 0 Å². The smallest absolute Gasteiger partial charge is 0.150 e. The van der Waals surface area contributed by atoms with Gasteiger partial charge in [0.05, 0.1) is 0 Å². The summed E-state index contributed by atoms with van der Waals surface area (Å²) in [6, 6.07) is 23.2. The van der Waals surface area contributed by atoms with Crippen LogP contribution < -0.4 is 0 Å². The zero-order valence-corrected chi connectivity index (χ0v) is 18.4. The highest BCUT2D eigenvalue weighted by atomic mass is 16.1. The molecule has 0 amide bonds. The van der Waals surface area contributed by atoms with Crippen LogP contribution in [0, 0.1) is 0 Å². The van der Waals surface area contributed by atoms with Crippen molar-refractivity contribution in [1.29, 1.82) is 0 Å². The summed E-state index contributed by atoms with van der Waals surface area (Å²) < 4.78 is 2.50. The highest BCUT2D eigenvalue weighted by molar-refractivity contribution is 6.08. The van der Waals surface area contributed by atoms with E-state index in [4.69, 9.17) is 0 Å². The van der Waals surface area contributed by atoms with E-state index in [0.29, 0.717) is 5.56 Å². The average Bonchev–Trinajstić information content (AvgIpc) is 3.13. The average molecular weight is 410 g/mol. The number of carbonyl (C=O) groups is 1. The number of unbranched alkanes of at least 4 members (excludes halogenated alkanes) is 5. The molecule has 31 heavy (non-hydrogen) atoms. The van der Waals surface area contributed by atoms with Crippen LogP contribution in [0.25, 0.3) is 34.0 Å². The van der Waals surface area contributed by atoms with Gasteiger partial charge in [0.15, 0.2) is 0 Å². The first-order chi connectivity index (χ1) is 15.3.